The lowest BCUT2D eigenvalue weighted by Gasteiger charge is -2.36. The molecular weight excluding hydrogens is 356 g/mol. The summed E-state index contributed by atoms with van der Waals surface area (Å²) in [5.41, 5.74) is 0.336. The van der Waals surface area contributed by atoms with Gasteiger partial charge in [-0.2, -0.15) is 0 Å². The van der Waals surface area contributed by atoms with Gasteiger partial charge in [-0.3, -0.25) is 9.59 Å². The summed E-state index contributed by atoms with van der Waals surface area (Å²) in [6.45, 7) is 3.33. The van der Waals surface area contributed by atoms with Gasteiger partial charge in [-0.25, -0.2) is 8.78 Å². The molecule has 1 N–H and O–H groups in total. The van der Waals surface area contributed by atoms with Gasteiger partial charge in [-0.1, -0.05) is 13.0 Å². The van der Waals surface area contributed by atoms with Crippen molar-refractivity contribution in [2.75, 3.05) is 19.7 Å². The second-order valence-electron chi connectivity index (χ2n) is 7.56. The van der Waals surface area contributed by atoms with Gasteiger partial charge in [0.05, 0.1) is 12.0 Å². The lowest BCUT2D eigenvalue weighted by molar-refractivity contribution is -0.146. The van der Waals surface area contributed by atoms with Crippen LogP contribution >= 0.6 is 0 Å². The first-order chi connectivity index (χ1) is 12.9. The molecule has 148 valence electrons. The molecule has 27 heavy (non-hydrogen) atoms. The van der Waals surface area contributed by atoms with Crippen molar-refractivity contribution in [1.29, 1.82) is 0 Å². The van der Waals surface area contributed by atoms with Gasteiger partial charge in [0, 0.05) is 32.2 Å². The quantitative estimate of drug-likeness (QED) is 0.851. The van der Waals surface area contributed by atoms with E-state index in [2.05, 4.69) is 0 Å². The molecule has 0 spiro atoms. The maximum absolute atomic E-state index is 13.9. The number of amides is 1. The van der Waals surface area contributed by atoms with Crippen LogP contribution in [0.1, 0.15) is 44.1 Å². The van der Waals surface area contributed by atoms with E-state index in [0.29, 0.717) is 44.5 Å². The second-order valence-corrected chi connectivity index (χ2v) is 7.56. The molecule has 1 aromatic carbocycles. The number of likely N-dealkylation sites (tertiary alicyclic amines) is 1. The minimum Gasteiger partial charge on any atom is -0.481 e. The van der Waals surface area contributed by atoms with Gasteiger partial charge in [0.1, 0.15) is 11.6 Å². The predicted molar refractivity (Wildman–Crippen MR) is 94.2 cm³/mol. The summed E-state index contributed by atoms with van der Waals surface area (Å²) in [4.78, 5) is 25.6. The number of ether oxygens (including phenoxy) is 1. The number of hydrogen-bond donors (Lipinski definition) is 1. The van der Waals surface area contributed by atoms with E-state index in [1.165, 1.54) is 12.1 Å². The third-order valence-electron chi connectivity index (χ3n) is 5.78. The molecular formula is C20H25F2NO4. The summed E-state index contributed by atoms with van der Waals surface area (Å²) in [5, 5.41) is 9.30. The van der Waals surface area contributed by atoms with Crippen LogP contribution in [0.2, 0.25) is 0 Å². The Morgan fingerprint density at radius 2 is 1.96 bits per heavy atom. The number of hydrogen-bond acceptors (Lipinski definition) is 3. The Morgan fingerprint density at radius 1 is 1.26 bits per heavy atom. The highest BCUT2D eigenvalue weighted by Gasteiger charge is 2.40. The van der Waals surface area contributed by atoms with Gasteiger partial charge in [0.25, 0.3) is 0 Å². The van der Waals surface area contributed by atoms with Crippen molar-refractivity contribution in [2.24, 2.45) is 11.8 Å². The molecule has 1 aromatic rings. The maximum Gasteiger partial charge on any atom is 0.309 e. The fourth-order valence-electron chi connectivity index (χ4n) is 4.22. The van der Waals surface area contributed by atoms with Crippen LogP contribution in [0.3, 0.4) is 0 Å². The molecule has 3 rings (SSSR count). The fraction of sp³-hybridized carbons (Fsp3) is 0.600. The van der Waals surface area contributed by atoms with E-state index in [0.717, 1.165) is 6.07 Å². The zero-order valence-corrected chi connectivity index (χ0v) is 15.4. The van der Waals surface area contributed by atoms with Crippen LogP contribution < -0.4 is 0 Å². The molecule has 2 aliphatic rings. The third kappa shape index (κ3) is 4.46. The first-order valence-corrected chi connectivity index (χ1v) is 9.44. The molecule has 0 aliphatic carbocycles. The van der Waals surface area contributed by atoms with Crippen molar-refractivity contribution in [3.8, 4) is 0 Å². The average Bonchev–Trinajstić information content (AvgIpc) is 3.11. The normalized spacial score (nSPS) is 24.8. The van der Waals surface area contributed by atoms with E-state index >= 15 is 0 Å². The number of piperidine rings is 1. The number of aliphatic carboxylic acids is 1. The summed E-state index contributed by atoms with van der Waals surface area (Å²) in [7, 11) is 0. The molecule has 0 saturated carbocycles. The van der Waals surface area contributed by atoms with Gasteiger partial charge in [0.2, 0.25) is 5.91 Å². The third-order valence-corrected chi connectivity index (χ3v) is 5.78. The summed E-state index contributed by atoms with van der Waals surface area (Å²) in [6.07, 6.45) is 1.84. The Labute approximate surface area is 157 Å². The average molecular weight is 381 g/mol. The van der Waals surface area contributed by atoms with Crippen molar-refractivity contribution in [1.82, 2.24) is 4.90 Å². The van der Waals surface area contributed by atoms with Gasteiger partial charge >= 0.3 is 5.97 Å². The molecule has 2 saturated heterocycles. The minimum atomic E-state index is -0.814. The van der Waals surface area contributed by atoms with Crippen LogP contribution in [-0.2, 0) is 14.3 Å². The number of carbonyl (C=O) groups excluding carboxylic acids is 1. The monoisotopic (exact) mass is 381 g/mol. The Balaban J connectivity index is 1.53. The number of benzene rings is 1. The SMILES string of the molecule is CC(CC(=O)N1CCC([C@@H]2OCCC2C(=O)O)CC1)c1ccc(F)cc1F. The Kier molecular flexibility index (Phi) is 6.09. The lowest BCUT2D eigenvalue weighted by atomic mass is 9.84. The highest BCUT2D eigenvalue weighted by Crippen LogP contribution is 2.34. The maximum atomic E-state index is 13.9. The molecule has 2 fully saturated rings. The number of carbonyl (C=O) groups is 2. The molecule has 0 radical (unpaired) electrons. The second kappa shape index (κ2) is 8.33. The number of rotatable bonds is 5. The molecule has 7 heteroatoms. The summed E-state index contributed by atoms with van der Waals surface area (Å²) < 4.78 is 32.6. The summed E-state index contributed by atoms with van der Waals surface area (Å²) >= 11 is 0. The molecule has 3 atom stereocenters. The van der Waals surface area contributed by atoms with Crippen LogP contribution in [0, 0.1) is 23.5 Å². The Morgan fingerprint density at radius 3 is 2.59 bits per heavy atom. The molecule has 2 unspecified atom stereocenters. The van der Waals surface area contributed by atoms with Crippen molar-refractivity contribution in [3.05, 3.63) is 35.4 Å². The predicted octanol–water partition coefficient (Wildman–Crippen LogP) is 3.19. The summed E-state index contributed by atoms with van der Waals surface area (Å²) in [5.74, 6) is -2.80. The number of carboxylic acid groups (broad SMARTS) is 1. The molecule has 5 nitrogen and oxygen atoms in total. The van der Waals surface area contributed by atoms with Gasteiger partial charge in [-0.05, 0) is 42.7 Å². The van der Waals surface area contributed by atoms with Crippen LogP contribution in [0.15, 0.2) is 18.2 Å². The van der Waals surface area contributed by atoms with E-state index < -0.39 is 23.5 Å². The van der Waals surface area contributed by atoms with E-state index in [1.54, 1.807) is 11.8 Å². The molecule has 2 aliphatic heterocycles. The number of nitrogens with zero attached hydrogens (tertiary/aromatic N) is 1. The van der Waals surface area contributed by atoms with E-state index in [-0.39, 0.29) is 30.3 Å². The van der Waals surface area contributed by atoms with Gasteiger partial charge in [0.15, 0.2) is 0 Å². The fourth-order valence-corrected chi connectivity index (χ4v) is 4.22. The Bertz CT molecular complexity index is 703. The minimum absolute atomic E-state index is 0.0631. The topological polar surface area (TPSA) is 66.8 Å². The van der Waals surface area contributed by atoms with E-state index in [1.807, 2.05) is 0 Å². The van der Waals surface area contributed by atoms with Crippen molar-refractivity contribution in [2.45, 2.75) is 44.6 Å². The summed E-state index contributed by atoms with van der Waals surface area (Å²) in [6, 6.07) is 3.42. The molecule has 0 aromatic heterocycles. The van der Waals surface area contributed by atoms with Crippen LogP contribution in [0.5, 0.6) is 0 Å². The van der Waals surface area contributed by atoms with E-state index in [9.17, 15) is 23.5 Å². The Hall–Kier alpha value is -2.02. The van der Waals surface area contributed by atoms with Crippen LogP contribution in [0.4, 0.5) is 8.78 Å². The highest BCUT2D eigenvalue weighted by atomic mass is 19.1. The van der Waals surface area contributed by atoms with Crippen molar-refractivity contribution in [3.63, 3.8) is 0 Å². The van der Waals surface area contributed by atoms with Gasteiger partial charge < -0.3 is 14.7 Å². The number of carboxylic acids is 1. The molecule has 0 bridgehead atoms. The van der Waals surface area contributed by atoms with Crippen LogP contribution in [0.25, 0.3) is 0 Å². The van der Waals surface area contributed by atoms with Crippen molar-refractivity contribution >= 4 is 11.9 Å². The highest BCUT2D eigenvalue weighted by molar-refractivity contribution is 5.77. The van der Waals surface area contributed by atoms with Crippen molar-refractivity contribution < 1.29 is 28.2 Å². The number of halogens is 2. The van der Waals surface area contributed by atoms with E-state index in [4.69, 9.17) is 4.74 Å². The van der Waals surface area contributed by atoms with Crippen LogP contribution in [-0.4, -0.2) is 47.7 Å². The first-order valence-electron chi connectivity index (χ1n) is 9.44. The van der Waals surface area contributed by atoms with Gasteiger partial charge in [-0.15, -0.1) is 0 Å². The zero-order chi connectivity index (χ0) is 19.6. The molecule has 1 amide bonds. The first kappa shape index (κ1) is 19.7. The zero-order valence-electron chi connectivity index (χ0n) is 15.4. The standard InChI is InChI=1S/C20H25F2NO4/c1-12(15-3-2-14(21)11-17(15)22)10-18(24)23-7-4-13(5-8-23)19-16(20(25)26)6-9-27-19/h2-3,11-13,16,19H,4-10H2,1H3,(H,25,26)/t12?,16?,19-/m0/s1. The largest absolute Gasteiger partial charge is 0.481 e. The smallest absolute Gasteiger partial charge is 0.309 e. The molecule has 2 heterocycles. The lowest BCUT2D eigenvalue weighted by Crippen LogP contribution is -2.43.